The lowest BCUT2D eigenvalue weighted by atomic mass is 9.34. The number of nitrogens with one attached hydrogen (secondary N) is 3. The van der Waals surface area contributed by atoms with Gasteiger partial charge in [-0.1, -0.05) is 19.1 Å². The topological polar surface area (TPSA) is 109 Å². The third-order valence-corrected chi connectivity index (χ3v) is 11.1. The van der Waals surface area contributed by atoms with Gasteiger partial charge in [-0.2, -0.15) is 0 Å². The Morgan fingerprint density at radius 3 is 2.68 bits per heavy atom. The van der Waals surface area contributed by atoms with Crippen LogP contribution in [0.1, 0.15) is 81.6 Å². The van der Waals surface area contributed by atoms with Crippen molar-refractivity contribution in [3.05, 3.63) is 35.4 Å². The summed E-state index contributed by atoms with van der Waals surface area (Å²) in [5.41, 5.74) is 1.64. The van der Waals surface area contributed by atoms with E-state index < -0.39 is 13.2 Å². The molecule has 8 atom stereocenters. The van der Waals surface area contributed by atoms with Crippen LogP contribution < -0.4 is 16.0 Å². The highest BCUT2D eigenvalue weighted by Crippen LogP contribution is 2.80. The maximum absolute atomic E-state index is 13.6. The molecule has 2 saturated heterocycles. The molecule has 9 nitrogen and oxygen atoms in total. The van der Waals surface area contributed by atoms with Crippen LogP contribution in [0, 0.1) is 23.2 Å². The molecule has 5 fully saturated rings. The van der Waals surface area contributed by atoms with E-state index in [0.717, 1.165) is 50.1 Å². The third-order valence-electron chi connectivity index (χ3n) is 11.1. The second-order valence-electron chi connectivity index (χ2n) is 13.4. The number of likely N-dealkylation sites (tertiary alicyclic amines) is 1. The van der Waals surface area contributed by atoms with Crippen LogP contribution in [-0.2, 0) is 25.4 Å². The van der Waals surface area contributed by atoms with Gasteiger partial charge in [0, 0.05) is 37.1 Å². The maximum Gasteiger partial charge on any atom is 0.481 e. The Bertz CT molecular complexity index is 1180. The van der Waals surface area contributed by atoms with Crippen molar-refractivity contribution in [3.8, 4) is 0 Å². The fraction of sp³-hybridized carbons (Fsp3) is 0.710. The number of fused-ring (bicyclic) bond motifs is 1. The van der Waals surface area contributed by atoms with Crippen LogP contribution in [0.2, 0.25) is 0 Å². The Labute approximate surface area is 244 Å². The second kappa shape index (κ2) is 11.0. The second-order valence-corrected chi connectivity index (χ2v) is 13.4. The fourth-order valence-electron chi connectivity index (χ4n) is 9.01. The Morgan fingerprint density at radius 1 is 1.15 bits per heavy atom. The molecule has 3 saturated carbocycles. The van der Waals surface area contributed by atoms with Crippen LogP contribution in [0.15, 0.2) is 24.3 Å². The molecule has 2 aliphatic heterocycles. The van der Waals surface area contributed by atoms with Gasteiger partial charge in [-0.25, -0.2) is 0 Å². The quantitative estimate of drug-likeness (QED) is 0.282. The predicted molar refractivity (Wildman–Crippen MR) is 156 cm³/mol. The van der Waals surface area contributed by atoms with Crippen molar-refractivity contribution >= 4 is 24.8 Å². The molecule has 0 aromatic heterocycles. The standard InChI is InChI=1S/C31H45BN4O5/c1-19(35-28(38)21-12-10-20(11-13-21)18-34-26(37)9-5-6-14-33-4)29(39)36-15-7-8-25(36)32-40-23-16-22-17-24-30(22,2)27(23)31(24,3)41-32/h10-13,19,22-25,27,33H,5-9,14-18H2,1-4H3,(H,34,37)(H,35,38)/t19-,22-,23?,24+,25+,27?,30?,31+/m1/s1. The van der Waals surface area contributed by atoms with E-state index >= 15 is 0 Å². The van der Waals surface area contributed by atoms with E-state index in [1.165, 1.54) is 6.42 Å². The van der Waals surface area contributed by atoms with Gasteiger partial charge in [0.2, 0.25) is 11.8 Å². The molecule has 3 aliphatic carbocycles. The summed E-state index contributed by atoms with van der Waals surface area (Å²) in [6.45, 7) is 8.41. The minimum Gasteiger partial charge on any atom is -0.407 e. The van der Waals surface area contributed by atoms with Crippen molar-refractivity contribution in [1.29, 1.82) is 0 Å². The molecule has 41 heavy (non-hydrogen) atoms. The van der Waals surface area contributed by atoms with Crippen molar-refractivity contribution < 1.29 is 23.7 Å². The van der Waals surface area contributed by atoms with Crippen molar-refractivity contribution in [2.24, 2.45) is 23.2 Å². The number of carbonyl (C=O) groups excluding carboxylic acids is 3. The maximum atomic E-state index is 13.6. The number of benzene rings is 1. The molecule has 1 aromatic rings. The predicted octanol–water partition coefficient (Wildman–Crippen LogP) is 2.68. The van der Waals surface area contributed by atoms with Crippen LogP contribution in [0.5, 0.6) is 0 Å². The molecule has 0 bridgehead atoms. The molecule has 6 rings (SSSR count). The molecular weight excluding hydrogens is 519 g/mol. The number of nitrogens with zero attached hydrogens (tertiary/aromatic N) is 1. The van der Waals surface area contributed by atoms with Gasteiger partial charge < -0.3 is 30.2 Å². The minimum atomic E-state index is -0.664. The summed E-state index contributed by atoms with van der Waals surface area (Å²) in [6, 6.07) is 6.48. The van der Waals surface area contributed by atoms with Crippen molar-refractivity contribution in [2.75, 3.05) is 20.1 Å². The normalized spacial score (nSPS) is 35.3. The molecular formula is C31H45BN4O5. The highest BCUT2D eigenvalue weighted by atomic mass is 16.6. The molecule has 3 unspecified atom stereocenters. The largest absolute Gasteiger partial charge is 0.481 e. The summed E-state index contributed by atoms with van der Waals surface area (Å²) in [7, 11) is 1.50. The first-order valence-electron chi connectivity index (χ1n) is 15.6. The van der Waals surface area contributed by atoms with E-state index in [0.29, 0.717) is 42.3 Å². The van der Waals surface area contributed by atoms with E-state index in [1.807, 2.05) is 24.1 Å². The Balaban J connectivity index is 1.00. The van der Waals surface area contributed by atoms with Crippen LogP contribution in [0.4, 0.5) is 0 Å². The van der Waals surface area contributed by atoms with E-state index in [9.17, 15) is 14.4 Å². The summed E-state index contributed by atoms with van der Waals surface area (Å²) in [6.07, 6.45) is 6.65. The smallest absolute Gasteiger partial charge is 0.407 e. The van der Waals surface area contributed by atoms with Gasteiger partial charge in [0.05, 0.1) is 11.5 Å². The van der Waals surface area contributed by atoms with Gasteiger partial charge in [-0.15, -0.1) is 0 Å². The van der Waals surface area contributed by atoms with Crippen LogP contribution in [0.3, 0.4) is 0 Å². The number of rotatable bonds is 11. The molecule has 5 aliphatic rings. The number of hydrogen-bond acceptors (Lipinski definition) is 6. The van der Waals surface area contributed by atoms with E-state index in [1.54, 1.807) is 19.1 Å². The Morgan fingerprint density at radius 2 is 1.93 bits per heavy atom. The average molecular weight is 565 g/mol. The van der Waals surface area contributed by atoms with Crippen LogP contribution in [-0.4, -0.2) is 73.6 Å². The molecule has 1 aromatic carbocycles. The summed E-state index contributed by atoms with van der Waals surface area (Å²) in [5.74, 6) is 1.34. The monoisotopic (exact) mass is 564 g/mol. The van der Waals surface area contributed by atoms with Gasteiger partial charge >= 0.3 is 7.12 Å². The number of amides is 3. The summed E-state index contributed by atoms with van der Waals surface area (Å²) in [4.78, 5) is 40.5. The SMILES string of the molecule is CNCCCCC(=O)NCc1ccc(C(=O)N[C@H](C)C(=O)N2CCC[C@H]2B2OC3C[C@@H]4C[C@H]5C4(C)C3[C@@]5(C)O2)cc1. The summed E-state index contributed by atoms with van der Waals surface area (Å²) < 4.78 is 13.3. The third kappa shape index (κ3) is 4.80. The van der Waals surface area contributed by atoms with Gasteiger partial charge in [-0.3, -0.25) is 14.4 Å². The molecule has 10 heteroatoms. The molecule has 0 radical (unpaired) electrons. The van der Waals surface area contributed by atoms with Gasteiger partial charge in [0.25, 0.3) is 5.91 Å². The van der Waals surface area contributed by atoms with Gasteiger partial charge in [0.15, 0.2) is 0 Å². The van der Waals surface area contributed by atoms with Crippen LogP contribution >= 0.6 is 0 Å². The lowest BCUT2D eigenvalue weighted by molar-refractivity contribution is -0.312. The van der Waals surface area contributed by atoms with E-state index in [2.05, 4.69) is 29.8 Å². The first-order valence-corrected chi connectivity index (χ1v) is 15.6. The zero-order valence-electron chi connectivity index (χ0n) is 24.9. The first kappa shape index (κ1) is 28.7. The fourth-order valence-corrected chi connectivity index (χ4v) is 9.01. The zero-order valence-corrected chi connectivity index (χ0v) is 24.9. The lowest BCUT2D eigenvalue weighted by Gasteiger charge is -2.74. The van der Waals surface area contributed by atoms with Crippen LogP contribution in [0.25, 0.3) is 0 Å². The first-order chi connectivity index (χ1) is 19.7. The molecule has 3 N–H and O–H groups in total. The molecule has 0 spiro atoms. The lowest BCUT2D eigenvalue weighted by Crippen LogP contribution is -2.78. The van der Waals surface area contributed by atoms with E-state index in [-0.39, 0.29) is 35.4 Å². The zero-order chi connectivity index (χ0) is 28.9. The average Bonchev–Trinajstić information content (AvgIpc) is 3.49. The number of carbonyl (C=O) groups is 3. The van der Waals surface area contributed by atoms with Crippen molar-refractivity contribution in [3.63, 3.8) is 0 Å². The number of hydrogen-bond donors (Lipinski definition) is 3. The number of unbranched alkanes of at least 4 members (excludes halogenated alkanes) is 1. The molecule has 2 heterocycles. The highest BCUT2D eigenvalue weighted by Gasteiger charge is 2.82. The van der Waals surface area contributed by atoms with Crippen molar-refractivity contribution in [2.45, 2.75) is 95.9 Å². The Kier molecular flexibility index (Phi) is 7.70. The van der Waals surface area contributed by atoms with Crippen molar-refractivity contribution in [1.82, 2.24) is 20.9 Å². The van der Waals surface area contributed by atoms with Gasteiger partial charge in [0.1, 0.15) is 6.04 Å². The summed E-state index contributed by atoms with van der Waals surface area (Å²) >= 11 is 0. The molecule has 222 valence electrons. The van der Waals surface area contributed by atoms with E-state index in [4.69, 9.17) is 9.31 Å². The highest BCUT2D eigenvalue weighted by molar-refractivity contribution is 6.47. The molecule has 3 amide bonds. The Hall–Kier alpha value is -2.43. The summed E-state index contributed by atoms with van der Waals surface area (Å²) in [5, 5.41) is 8.90. The van der Waals surface area contributed by atoms with Gasteiger partial charge in [-0.05, 0) is 101 Å². The minimum absolute atomic E-state index is 0.0274.